The summed E-state index contributed by atoms with van der Waals surface area (Å²) in [5.74, 6) is -0.569. The Morgan fingerprint density at radius 2 is 1.89 bits per heavy atom. The van der Waals surface area contributed by atoms with Crippen LogP contribution in [0.2, 0.25) is 0 Å². The van der Waals surface area contributed by atoms with E-state index in [0.717, 1.165) is 20.3 Å². The van der Waals surface area contributed by atoms with Crippen molar-refractivity contribution in [2.45, 2.75) is 24.9 Å². The zero-order chi connectivity index (χ0) is 19.2. The zero-order valence-electron chi connectivity index (χ0n) is 14.6. The number of fused-ring (bicyclic) bond motifs is 3. The number of hydrogen-bond donors (Lipinski definition) is 0. The molecular weight excluding hydrogens is 449 g/mol. The SMILES string of the molecule is CC(=O)[C@H]1[C@H](c2cccc(I)c2)C(C#N)(C#N)[C@H]2c3ccccc3C=CN12. The van der Waals surface area contributed by atoms with E-state index >= 15 is 0 Å². The second-order valence-electron chi connectivity index (χ2n) is 6.98. The van der Waals surface area contributed by atoms with Gasteiger partial charge in [-0.2, -0.15) is 10.5 Å². The van der Waals surface area contributed by atoms with Gasteiger partial charge in [-0.25, -0.2) is 0 Å². The Hall–Kier alpha value is -2.64. The number of rotatable bonds is 2. The Balaban J connectivity index is 2.02. The van der Waals surface area contributed by atoms with Gasteiger partial charge in [-0.1, -0.05) is 36.4 Å². The molecule has 0 unspecified atom stereocenters. The highest BCUT2D eigenvalue weighted by Crippen LogP contribution is 2.59. The third-order valence-corrected chi connectivity index (χ3v) is 6.24. The molecule has 0 aliphatic carbocycles. The number of hydrogen-bond acceptors (Lipinski definition) is 4. The third kappa shape index (κ3) is 2.49. The fourth-order valence-corrected chi connectivity index (χ4v) is 5.09. The van der Waals surface area contributed by atoms with Crippen molar-refractivity contribution in [3.8, 4) is 12.1 Å². The lowest BCUT2D eigenvalue weighted by Crippen LogP contribution is -2.36. The second kappa shape index (κ2) is 6.51. The van der Waals surface area contributed by atoms with E-state index in [1.54, 1.807) is 6.92 Å². The van der Waals surface area contributed by atoms with Crippen LogP contribution in [0, 0.1) is 31.6 Å². The predicted molar refractivity (Wildman–Crippen MR) is 110 cm³/mol. The van der Waals surface area contributed by atoms with Gasteiger partial charge in [0.25, 0.3) is 0 Å². The Labute approximate surface area is 171 Å². The molecule has 5 heteroatoms. The van der Waals surface area contributed by atoms with Gasteiger partial charge in [-0.15, -0.1) is 0 Å². The number of carbonyl (C=O) groups excluding carboxylic acids is 1. The van der Waals surface area contributed by atoms with E-state index in [4.69, 9.17) is 0 Å². The molecule has 4 rings (SSSR count). The standard InChI is InChI=1S/C22H16IN3O/c1-14(27)20-19(16-6-4-7-17(23)11-16)22(12-24,13-25)21-18-8-3-2-5-15(18)9-10-26(20)21/h2-11,19-21H,1H3/t19-,20-,21+/m0/s1. The predicted octanol–water partition coefficient (Wildman–Crippen LogP) is 4.41. The van der Waals surface area contributed by atoms with Crippen LogP contribution in [0.3, 0.4) is 0 Å². The second-order valence-corrected chi connectivity index (χ2v) is 8.22. The summed E-state index contributed by atoms with van der Waals surface area (Å²) in [6.07, 6.45) is 3.83. The van der Waals surface area contributed by atoms with Crippen LogP contribution in [-0.4, -0.2) is 16.7 Å². The number of carbonyl (C=O) groups is 1. The maximum atomic E-state index is 12.7. The van der Waals surface area contributed by atoms with Gasteiger partial charge in [-0.3, -0.25) is 4.79 Å². The van der Waals surface area contributed by atoms with Crippen LogP contribution in [-0.2, 0) is 4.79 Å². The molecule has 27 heavy (non-hydrogen) atoms. The van der Waals surface area contributed by atoms with Crippen molar-refractivity contribution in [2.24, 2.45) is 5.41 Å². The summed E-state index contributed by atoms with van der Waals surface area (Å²) in [5.41, 5.74) is 1.40. The van der Waals surface area contributed by atoms with Crippen molar-refractivity contribution in [1.82, 2.24) is 4.90 Å². The Bertz CT molecular complexity index is 1030. The lowest BCUT2D eigenvalue weighted by Gasteiger charge is -2.34. The van der Waals surface area contributed by atoms with Crippen LogP contribution in [0.15, 0.2) is 54.7 Å². The van der Waals surface area contributed by atoms with Crippen LogP contribution in [0.1, 0.15) is 35.6 Å². The minimum atomic E-state index is -1.36. The maximum Gasteiger partial charge on any atom is 0.177 e. The first-order valence-corrected chi connectivity index (χ1v) is 9.74. The monoisotopic (exact) mass is 465 g/mol. The number of halogens is 1. The van der Waals surface area contributed by atoms with Crippen LogP contribution in [0.4, 0.5) is 0 Å². The maximum absolute atomic E-state index is 12.7. The summed E-state index contributed by atoms with van der Waals surface area (Å²) in [4.78, 5) is 14.6. The molecule has 0 amide bonds. The van der Waals surface area contributed by atoms with Crippen molar-refractivity contribution in [1.29, 1.82) is 10.5 Å². The quantitative estimate of drug-likeness (QED) is 0.617. The van der Waals surface area contributed by atoms with Crippen LogP contribution < -0.4 is 0 Å². The molecular formula is C22H16IN3O. The van der Waals surface area contributed by atoms with Crippen molar-refractivity contribution in [3.63, 3.8) is 0 Å². The van der Waals surface area contributed by atoms with Gasteiger partial charge in [0.2, 0.25) is 0 Å². The normalized spacial score (nSPS) is 24.4. The molecule has 1 saturated heterocycles. The number of ketones is 1. The Morgan fingerprint density at radius 3 is 2.56 bits per heavy atom. The van der Waals surface area contributed by atoms with Crippen molar-refractivity contribution in [3.05, 3.63) is 75.0 Å². The van der Waals surface area contributed by atoms with Crippen molar-refractivity contribution < 1.29 is 4.79 Å². The van der Waals surface area contributed by atoms with Gasteiger partial charge in [0.15, 0.2) is 11.2 Å². The van der Waals surface area contributed by atoms with Gasteiger partial charge >= 0.3 is 0 Å². The fraction of sp³-hybridized carbons (Fsp3) is 0.227. The number of Topliss-reactive ketones (excluding diaryl/α,β-unsaturated/α-hetero) is 1. The molecule has 0 bridgehead atoms. The molecule has 132 valence electrons. The van der Waals surface area contributed by atoms with Crippen molar-refractivity contribution >= 4 is 34.5 Å². The molecule has 0 N–H and O–H groups in total. The molecule has 2 aromatic rings. The van der Waals surface area contributed by atoms with Gasteiger partial charge in [-0.05, 0) is 64.4 Å². The first kappa shape index (κ1) is 17.8. The largest absolute Gasteiger partial charge is 0.357 e. The van der Waals surface area contributed by atoms with Crippen LogP contribution in [0.25, 0.3) is 6.08 Å². The topological polar surface area (TPSA) is 67.9 Å². The molecule has 1 fully saturated rings. The molecule has 2 aromatic carbocycles. The lowest BCUT2D eigenvalue weighted by molar-refractivity contribution is -0.121. The van der Waals surface area contributed by atoms with E-state index in [1.807, 2.05) is 65.7 Å². The number of nitriles is 2. The van der Waals surface area contributed by atoms with E-state index in [-0.39, 0.29) is 5.78 Å². The van der Waals surface area contributed by atoms with Crippen LogP contribution >= 0.6 is 22.6 Å². The third-order valence-electron chi connectivity index (χ3n) is 5.57. The average molecular weight is 465 g/mol. The Morgan fingerprint density at radius 1 is 1.15 bits per heavy atom. The summed E-state index contributed by atoms with van der Waals surface area (Å²) in [6, 6.07) is 19.2. The summed E-state index contributed by atoms with van der Waals surface area (Å²) in [6.45, 7) is 1.54. The van der Waals surface area contributed by atoms with Gasteiger partial charge in [0.1, 0.15) is 0 Å². The highest BCUT2D eigenvalue weighted by atomic mass is 127. The molecule has 0 saturated carbocycles. The molecule has 4 nitrogen and oxygen atoms in total. The number of nitrogens with zero attached hydrogens (tertiary/aromatic N) is 3. The first-order chi connectivity index (χ1) is 13.0. The Kier molecular flexibility index (Phi) is 4.28. The molecule has 0 aromatic heterocycles. The highest BCUT2D eigenvalue weighted by molar-refractivity contribution is 14.1. The molecule has 0 radical (unpaired) electrons. The summed E-state index contributed by atoms with van der Waals surface area (Å²) in [7, 11) is 0. The molecule has 2 heterocycles. The van der Waals surface area contributed by atoms with Crippen LogP contribution in [0.5, 0.6) is 0 Å². The van der Waals surface area contributed by atoms with Gasteiger partial charge in [0.05, 0.1) is 24.2 Å². The van der Waals surface area contributed by atoms with E-state index < -0.39 is 23.4 Å². The smallest absolute Gasteiger partial charge is 0.177 e. The fourth-order valence-electron chi connectivity index (χ4n) is 4.53. The summed E-state index contributed by atoms with van der Waals surface area (Å²) in [5, 5.41) is 20.5. The molecule has 2 aliphatic rings. The van der Waals surface area contributed by atoms with Crippen molar-refractivity contribution in [2.75, 3.05) is 0 Å². The number of benzene rings is 2. The molecule has 2 aliphatic heterocycles. The molecule has 3 atom stereocenters. The van der Waals surface area contributed by atoms with E-state index in [2.05, 4.69) is 34.7 Å². The average Bonchev–Trinajstić information content (AvgIpc) is 2.99. The lowest BCUT2D eigenvalue weighted by atomic mass is 9.68. The minimum Gasteiger partial charge on any atom is -0.357 e. The van der Waals surface area contributed by atoms with E-state index in [9.17, 15) is 15.3 Å². The first-order valence-electron chi connectivity index (χ1n) is 8.66. The summed E-state index contributed by atoms with van der Waals surface area (Å²) < 4.78 is 1.01. The van der Waals surface area contributed by atoms with E-state index in [1.165, 1.54) is 0 Å². The minimum absolute atomic E-state index is 0.0414. The van der Waals surface area contributed by atoms with E-state index in [0.29, 0.717) is 0 Å². The molecule has 0 spiro atoms. The van der Waals surface area contributed by atoms with Gasteiger partial charge < -0.3 is 4.90 Å². The zero-order valence-corrected chi connectivity index (χ0v) is 16.8. The van der Waals surface area contributed by atoms with Gasteiger partial charge in [0, 0.05) is 15.7 Å². The summed E-state index contributed by atoms with van der Waals surface area (Å²) >= 11 is 2.22. The highest BCUT2D eigenvalue weighted by Gasteiger charge is 2.63.